The third-order valence-corrected chi connectivity index (χ3v) is 2.85. The number of nitrogens with one attached hydrogen (secondary N) is 1. The molecule has 7 heteroatoms. The van der Waals surface area contributed by atoms with Crippen molar-refractivity contribution in [1.82, 2.24) is 0 Å². The van der Waals surface area contributed by atoms with E-state index in [9.17, 15) is 19.5 Å². The summed E-state index contributed by atoms with van der Waals surface area (Å²) in [7, 11) is 0. The lowest BCUT2D eigenvalue weighted by atomic mass is 10.1. The van der Waals surface area contributed by atoms with E-state index in [-0.39, 0.29) is 28.3 Å². The molecule has 2 aromatic rings. The molecule has 0 spiro atoms. The average molecular weight is 315 g/mol. The van der Waals surface area contributed by atoms with E-state index in [0.29, 0.717) is 0 Å². The Morgan fingerprint density at radius 2 is 1.78 bits per heavy atom. The van der Waals surface area contributed by atoms with E-state index in [4.69, 9.17) is 9.84 Å². The van der Waals surface area contributed by atoms with Crippen molar-refractivity contribution in [1.29, 1.82) is 0 Å². The second-order valence-electron chi connectivity index (χ2n) is 4.61. The van der Waals surface area contributed by atoms with Crippen molar-refractivity contribution in [3.05, 3.63) is 53.6 Å². The van der Waals surface area contributed by atoms with Gasteiger partial charge in [-0.05, 0) is 36.4 Å². The fourth-order valence-corrected chi connectivity index (χ4v) is 1.83. The Labute approximate surface area is 131 Å². The van der Waals surface area contributed by atoms with Crippen molar-refractivity contribution in [2.75, 3.05) is 5.32 Å². The van der Waals surface area contributed by atoms with E-state index < -0.39 is 17.8 Å². The molecule has 1 amide bonds. The second kappa shape index (κ2) is 6.61. The van der Waals surface area contributed by atoms with Gasteiger partial charge in [0.05, 0.1) is 11.3 Å². The zero-order valence-corrected chi connectivity index (χ0v) is 12.1. The lowest BCUT2D eigenvalue weighted by Crippen LogP contribution is -2.13. The topological polar surface area (TPSA) is 113 Å². The highest BCUT2D eigenvalue weighted by Gasteiger charge is 2.13. The van der Waals surface area contributed by atoms with Crippen LogP contribution in [-0.2, 0) is 4.79 Å². The third-order valence-electron chi connectivity index (χ3n) is 2.85. The van der Waals surface area contributed by atoms with Crippen LogP contribution in [-0.4, -0.2) is 28.1 Å². The van der Waals surface area contributed by atoms with Crippen LogP contribution in [0.5, 0.6) is 11.5 Å². The maximum atomic E-state index is 12.2. The molecule has 0 saturated carbocycles. The lowest BCUT2D eigenvalue weighted by Gasteiger charge is -2.09. The van der Waals surface area contributed by atoms with Gasteiger partial charge in [0.15, 0.2) is 0 Å². The molecule has 118 valence electrons. The first-order valence-corrected chi connectivity index (χ1v) is 6.53. The van der Waals surface area contributed by atoms with Crippen LogP contribution in [0.3, 0.4) is 0 Å². The van der Waals surface area contributed by atoms with Gasteiger partial charge in [0.2, 0.25) is 0 Å². The Kier molecular flexibility index (Phi) is 4.61. The molecule has 7 nitrogen and oxygen atoms in total. The van der Waals surface area contributed by atoms with Gasteiger partial charge in [0, 0.05) is 12.5 Å². The number of amides is 1. The van der Waals surface area contributed by atoms with E-state index in [1.807, 2.05) is 0 Å². The Morgan fingerprint density at radius 1 is 1.04 bits per heavy atom. The minimum absolute atomic E-state index is 0.0345. The van der Waals surface area contributed by atoms with Crippen molar-refractivity contribution in [2.24, 2.45) is 0 Å². The lowest BCUT2D eigenvalue weighted by molar-refractivity contribution is -0.131. The van der Waals surface area contributed by atoms with Crippen molar-refractivity contribution in [2.45, 2.75) is 6.92 Å². The van der Waals surface area contributed by atoms with E-state index in [2.05, 4.69) is 5.32 Å². The Bertz CT molecular complexity index is 784. The maximum Gasteiger partial charge on any atom is 0.335 e. The number of ether oxygens (including phenoxy) is 1. The first-order chi connectivity index (χ1) is 10.9. The van der Waals surface area contributed by atoms with Gasteiger partial charge in [0.25, 0.3) is 5.91 Å². The summed E-state index contributed by atoms with van der Waals surface area (Å²) >= 11 is 0. The number of rotatable bonds is 4. The van der Waals surface area contributed by atoms with Crippen molar-refractivity contribution in [3.8, 4) is 11.5 Å². The largest absolute Gasteiger partial charge is 0.506 e. The summed E-state index contributed by atoms with van der Waals surface area (Å²) in [6.07, 6.45) is 0. The quantitative estimate of drug-likeness (QED) is 0.453. The molecule has 0 heterocycles. The van der Waals surface area contributed by atoms with Crippen LogP contribution in [0.2, 0.25) is 0 Å². The van der Waals surface area contributed by atoms with Crippen LogP contribution in [0.25, 0.3) is 0 Å². The van der Waals surface area contributed by atoms with E-state index in [1.165, 1.54) is 43.3 Å². The number of aromatic hydroxyl groups is 1. The summed E-state index contributed by atoms with van der Waals surface area (Å²) in [5.74, 6) is -2.35. The first-order valence-electron chi connectivity index (χ1n) is 6.53. The molecule has 3 N–H and O–H groups in total. The number of carbonyl (C=O) groups is 3. The average Bonchev–Trinajstić information content (AvgIpc) is 2.48. The summed E-state index contributed by atoms with van der Waals surface area (Å²) in [5.41, 5.74) is 0.0726. The van der Waals surface area contributed by atoms with Gasteiger partial charge in [-0.2, -0.15) is 0 Å². The van der Waals surface area contributed by atoms with Crippen LogP contribution >= 0.6 is 0 Å². The van der Waals surface area contributed by atoms with Crippen molar-refractivity contribution >= 4 is 23.5 Å². The summed E-state index contributed by atoms with van der Waals surface area (Å²) in [4.78, 5) is 34.0. The summed E-state index contributed by atoms with van der Waals surface area (Å²) in [5, 5.41) is 21.0. The van der Waals surface area contributed by atoms with Crippen LogP contribution in [0, 0.1) is 0 Å². The first kappa shape index (κ1) is 16.0. The fraction of sp³-hybridized carbons (Fsp3) is 0.0625. The normalized spacial score (nSPS) is 9.96. The van der Waals surface area contributed by atoms with Crippen LogP contribution in [0.15, 0.2) is 42.5 Å². The van der Waals surface area contributed by atoms with Crippen molar-refractivity contribution < 1.29 is 29.3 Å². The zero-order valence-electron chi connectivity index (χ0n) is 12.1. The van der Waals surface area contributed by atoms with Gasteiger partial charge in [-0.15, -0.1) is 0 Å². The predicted molar refractivity (Wildman–Crippen MR) is 80.8 cm³/mol. The van der Waals surface area contributed by atoms with Gasteiger partial charge in [-0.3, -0.25) is 9.59 Å². The SMILES string of the molecule is CC(=O)Oc1cccc(C(=O)Nc2cc(C(=O)O)ccc2O)c1. The molecule has 0 fully saturated rings. The molecular weight excluding hydrogens is 302 g/mol. The second-order valence-corrected chi connectivity index (χ2v) is 4.61. The number of esters is 1. The third kappa shape index (κ3) is 4.07. The molecule has 0 aliphatic carbocycles. The predicted octanol–water partition coefficient (Wildman–Crippen LogP) is 2.27. The molecule has 2 rings (SSSR count). The number of carboxylic acids is 1. The van der Waals surface area contributed by atoms with Crippen LogP contribution in [0.4, 0.5) is 5.69 Å². The smallest absolute Gasteiger partial charge is 0.335 e. The van der Waals surface area contributed by atoms with E-state index in [0.717, 1.165) is 6.07 Å². The number of anilines is 1. The summed E-state index contributed by atoms with van der Waals surface area (Å²) in [6.45, 7) is 1.24. The zero-order chi connectivity index (χ0) is 17.0. The maximum absolute atomic E-state index is 12.2. The number of hydrogen-bond acceptors (Lipinski definition) is 5. The number of hydrogen-bond donors (Lipinski definition) is 3. The Morgan fingerprint density at radius 3 is 2.43 bits per heavy atom. The molecule has 0 aliphatic rings. The van der Waals surface area contributed by atoms with Crippen LogP contribution in [0.1, 0.15) is 27.6 Å². The highest BCUT2D eigenvalue weighted by Crippen LogP contribution is 2.25. The summed E-state index contributed by atoms with van der Waals surface area (Å²) in [6, 6.07) is 9.42. The monoisotopic (exact) mass is 315 g/mol. The molecule has 2 aromatic carbocycles. The molecule has 0 unspecified atom stereocenters. The minimum Gasteiger partial charge on any atom is -0.506 e. The molecule has 23 heavy (non-hydrogen) atoms. The molecule has 0 aliphatic heterocycles. The number of benzene rings is 2. The standard InChI is InChI=1S/C16H13NO6/c1-9(18)23-12-4-2-3-10(7-12)15(20)17-13-8-11(16(21)22)5-6-14(13)19/h2-8,19H,1H3,(H,17,20)(H,21,22). The van der Waals surface area contributed by atoms with E-state index >= 15 is 0 Å². The van der Waals surface area contributed by atoms with Gasteiger partial charge in [-0.25, -0.2) is 4.79 Å². The summed E-state index contributed by atoms with van der Waals surface area (Å²) < 4.78 is 4.88. The van der Waals surface area contributed by atoms with Gasteiger partial charge in [0.1, 0.15) is 11.5 Å². The number of carbonyl (C=O) groups excluding carboxylic acids is 2. The molecule has 0 aromatic heterocycles. The van der Waals surface area contributed by atoms with Crippen molar-refractivity contribution in [3.63, 3.8) is 0 Å². The van der Waals surface area contributed by atoms with Gasteiger partial charge >= 0.3 is 11.9 Å². The molecule has 0 saturated heterocycles. The van der Waals surface area contributed by atoms with E-state index in [1.54, 1.807) is 0 Å². The molecule has 0 atom stereocenters. The number of carboxylic acid groups (broad SMARTS) is 1. The Hall–Kier alpha value is -3.35. The molecule has 0 radical (unpaired) electrons. The number of aromatic carboxylic acids is 1. The van der Waals surface area contributed by atoms with Gasteiger partial charge < -0.3 is 20.3 Å². The van der Waals surface area contributed by atoms with Crippen LogP contribution < -0.4 is 10.1 Å². The highest BCUT2D eigenvalue weighted by atomic mass is 16.5. The Balaban J connectivity index is 2.24. The number of phenols is 1. The highest BCUT2D eigenvalue weighted by molar-refractivity contribution is 6.06. The minimum atomic E-state index is -1.18. The molecular formula is C16H13NO6. The number of phenolic OH excluding ortho intramolecular Hbond substituents is 1. The molecule has 0 bridgehead atoms. The van der Waals surface area contributed by atoms with Gasteiger partial charge in [-0.1, -0.05) is 6.07 Å². The fourth-order valence-electron chi connectivity index (χ4n) is 1.83.